The Morgan fingerprint density at radius 1 is 0.556 bits per heavy atom. The fourth-order valence-electron chi connectivity index (χ4n) is 0.903. The van der Waals surface area contributed by atoms with Gasteiger partial charge in [-0.3, -0.25) is 0 Å². The first-order valence-corrected chi connectivity index (χ1v) is 9.80. The summed E-state index contributed by atoms with van der Waals surface area (Å²) in [5.74, 6) is 0. The second-order valence-electron chi connectivity index (χ2n) is 2.74. The lowest BCUT2D eigenvalue weighted by atomic mass is 11.8. The summed E-state index contributed by atoms with van der Waals surface area (Å²) in [5, 5.41) is 0. The second kappa shape index (κ2) is 11.4. The molecule has 12 heteroatoms. The van der Waals surface area contributed by atoms with Crippen molar-refractivity contribution in [3.63, 3.8) is 0 Å². The van der Waals surface area contributed by atoms with Crippen molar-refractivity contribution in [1.82, 2.24) is 0 Å². The van der Waals surface area contributed by atoms with E-state index in [-0.39, 0.29) is 0 Å². The average Bonchev–Trinajstić information content (AvgIpc) is 2.43. The van der Waals surface area contributed by atoms with Crippen LogP contribution in [0.3, 0.4) is 0 Å². The zero-order chi connectivity index (χ0) is 14.7. The van der Waals surface area contributed by atoms with Gasteiger partial charge >= 0.3 is 18.1 Å². The molecular weight excluding hydrogens is 312 g/mol. The lowest BCUT2D eigenvalue weighted by molar-refractivity contribution is -0.0254. The van der Waals surface area contributed by atoms with E-state index < -0.39 is 18.1 Å². The van der Waals surface area contributed by atoms with E-state index >= 15 is 0 Å². The first kappa shape index (κ1) is 20.9. The van der Waals surface area contributed by atoms with E-state index in [2.05, 4.69) is 4.12 Å². The summed E-state index contributed by atoms with van der Waals surface area (Å²) < 4.78 is 40.4. The molecule has 0 rings (SSSR count). The van der Waals surface area contributed by atoms with Crippen LogP contribution in [-0.4, -0.2) is 81.7 Å². The Hall–Kier alpha value is 0.548. The van der Waals surface area contributed by atoms with Crippen molar-refractivity contribution in [2.24, 2.45) is 0 Å². The highest BCUT2D eigenvalue weighted by Crippen LogP contribution is 2.18. The van der Waals surface area contributed by atoms with Crippen molar-refractivity contribution < 1.29 is 34.8 Å². The Balaban J connectivity index is 0. The Morgan fingerprint density at radius 3 is 0.833 bits per heavy atom. The third kappa shape index (κ3) is 6.64. The topological polar surface area (TPSA) is 73.8 Å². The molecule has 112 valence electrons. The van der Waals surface area contributed by atoms with Gasteiger partial charge in [0.1, 0.15) is 21.0 Å². The molecule has 0 radical (unpaired) electrons. The SMILES string of the molecule is CO[Si](OC)(OC)O[Si](OC)(OC)OC.[SiH3]O[SiH3]. The molecule has 18 heavy (non-hydrogen) atoms. The summed E-state index contributed by atoms with van der Waals surface area (Å²) >= 11 is 0. The van der Waals surface area contributed by atoms with E-state index in [1.807, 2.05) is 0 Å². The lowest BCUT2D eigenvalue weighted by Gasteiger charge is -2.30. The van der Waals surface area contributed by atoms with Gasteiger partial charge in [-0.15, -0.1) is 0 Å². The zero-order valence-electron chi connectivity index (χ0n) is 12.3. The molecule has 0 bridgehead atoms. The van der Waals surface area contributed by atoms with Gasteiger partial charge in [0.25, 0.3) is 0 Å². The maximum Gasteiger partial charge on any atom is 0.673 e. The van der Waals surface area contributed by atoms with Crippen LogP contribution in [-0.2, 0) is 34.8 Å². The van der Waals surface area contributed by atoms with E-state index in [4.69, 9.17) is 30.7 Å². The Labute approximate surface area is 117 Å². The number of hydrogen-bond donors (Lipinski definition) is 0. The van der Waals surface area contributed by atoms with Crippen molar-refractivity contribution in [3.8, 4) is 0 Å². The summed E-state index contributed by atoms with van der Waals surface area (Å²) in [5.41, 5.74) is 0. The van der Waals surface area contributed by atoms with Gasteiger partial charge in [0.15, 0.2) is 0 Å². The molecule has 0 aromatic heterocycles. The van der Waals surface area contributed by atoms with E-state index in [0.717, 1.165) is 21.0 Å². The monoisotopic (exact) mass is 336 g/mol. The van der Waals surface area contributed by atoms with Gasteiger partial charge in [0, 0.05) is 42.7 Å². The molecule has 0 amide bonds. The molecule has 0 aromatic rings. The molecular formula is C6H24O8Si4. The minimum Gasteiger partial charge on any atom is -0.471 e. The fourth-order valence-corrected chi connectivity index (χ4v) is 5.13. The number of rotatable bonds is 8. The summed E-state index contributed by atoms with van der Waals surface area (Å²) in [6.07, 6.45) is 0. The fraction of sp³-hybridized carbons (Fsp3) is 1.00. The van der Waals surface area contributed by atoms with Crippen LogP contribution in [0.1, 0.15) is 0 Å². The standard InChI is InChI=1S/C6H18O7Si2.H6OSi2/c1-7-14(8-2,9-3)13-15(10-4,11-5)12-6;2-1-3/h1-6H3;2-3H3. The minimum atomic E-state index is -3.23. The third-order valence-corrected chi connectivity index (χ3v) is 6.75. The summed E-state index contributed by atoms with van der Waals surface area (Å²) in [6, 6.07) is 0. The Kier molecular flexibility index (Phi) is 13.2. The van der Waals surface area contributed by atoms with Crippen LogP contribution in [0.15, 0.2) is 0 Å². The summed E-state index contributed by atoms with van der Waals surface area (Å²) in [7, 11) is 3.90. The minimum absolute atomic E-state index is 0.931. The molecule has 0 aliphatic heterocycles. The first-order chi connectivity index (χ1) is 8.49. The third-order valence-electron chi connectivity index (χ3n) is 1.75. The van der Waals surface area contributed by atoms with Gasteiger partial charge in [0.2, 0.25) is 0 Å². The largest absolute Gasteiger partial charge is 0.673 e. The lowest BCUT2D eigenvalue weighted by Crippen LogP contribution is -2.59. The van der Waals surface area contributed by atoms with Gasteiger partial charge in [0.05, 0.1) is 0 Å². The van der Waals surface area contributed by atoms with Gasteiger partial charge < -0.3 is 34.8 Å². The maximum absolute atomic E-state index is 5.47. The molecule has 0 aliphatic carbocycles. The predicted octanol–water partition coefficient (Wildman–Crippen LogP) is -2.68. The van der Waals surface area contributed by atoms with Crippen LogP contribution in [0.4, 0.5) is 0 Å². The molecule has 8 nitrogen and oxygen atoms in total. The van der Waals surface area contributed by atoms with Crippen molar-refractivity contribution in [3.05, 3.63) is 0 Å². The van der Waals surface area contributed by atoms with Gasteiger partial charge in [-0.1, -0.05) is 0 Å². The average molecular weight is 337 g/mol. The van der Waals surface area contributed by atoms with E-state index in [1.54, 1.807) is 0 Å². The zero-order valence-corrected chi connectivity index (χ0v) is 18.3. The highest BCUT2D eigenvalue weighted by Gasteiger charge is 2.56. The van der Waals surface area contributed by atoms with Gasteiger partial charge in [-0.05, 0) is 0 Å². The highest BCUT2D eigenvalue weighted by molar-refractivity contribution is 6.68. The Morgan fingerprint density at radius 2 is 0.722 bits per heavy atom. The van der Waals surface area contributed by atoms with E-state index in [0.29, 0.717) is 0 Å². The number of hydrogen-bond acceptors (Lipinski definition) is 8. The van der Waals surface area contributed by atoms with Crippen molar-refractivity contribution in [1.29, 1.82) is 0 Å². The van der Waals surface area contributed by atoms with Gasteiger partial charge in [-0.25, -0.2) is 0 Å². The van der Waals surface area contributed by atoms with Gasteiger partial charge in [-0.2, -0.15) is 0 Å². The molecule has 0 N–H and O–H groups in total. The molecule has 0 aromatic carbocycles. The smallest absolute Gasteiger partial charge is 0.471 e. The summed E-state index contributed by atoms with van der Waals surface area (Å²) in [6.45, 7) is 0. The molecule has 0 saturated heterocycles. The molecule has 0 fully saturated rings. The maximum atomic E-state index is 5.47. The summed E-state index contributed by atoms with van der Waals surface area (Å²) in [4.78, 5) is 0. The molecule has 0 atom stereocenters. The molecule has 0 spiro atoms. The molecule has 0 unspecified atom stereocenters. The van der Waals surface area contributed by atoms with Crippen LogP contribution in [0.5, 0.6) is 0 Å². The van der Waals surface area contributed by atoms with Crippen molar-refractivity contribution >= 4 is 39.1 Å². The molecule has 0 saturated carbocycles. The normalized spacial score (nSPS) is 12.3. The van der Waals surface area contributed by atoms with Crippen LogP contribution < -0.4 is 0 Å². The molecule has 0 heterocycles. The Bertz CT molecular complexity index is 154. The van der Waals surface area contributed by atoms with Crippen LogP contribution in [0.25, 0.3) is 0 Å². The second-order valence-corrected chi connectivity index (χ2v) is 11.3. The molecule has 0 aliphatic rings. The predicted molar refractivity (Wildman–Crippen MR) is 75.6 cm³/mol. The van der Waals surface area contributed by atoms with Crippen molar-refractivity contribution in [2.45, 2.75) is 0 Å². The highest BCUT2D eigenvalue weighted by atomic mass is 28.5. The van der Waals surface area contributed by atoms with Crippen molar-refractivity contribution in [2.75, 3.05) is 42.7 Å². The van der Waals surface area contributed by atoms with Crippen LogP contribution >= 0.6 is 0 Å². The van der Waals surface area contributed by atoms with Crippen LogP contribution in [0, 0.1) is 0 Å². The van der Waals surface area contributed by atoms with E-state index in [1.165, 1.54) is 42.7 Å². The first-order valence-electron chi connectivity index (χ1n) is 4.90. The van der Waals surface area contributed by atoms with E-state index in [9.17, 15) is 0 Å². The van der Waals surface area contributed by atoms with Crippen LogP contribution in [0.2, 0.25) is 0 Å². The quantitative estimate of drug-likeness (QED) is 0.444.